The van der Waals surface area contributed by atoms with Gasteiger partial charge in [0, 0.05) is 11.3 Å². The van der Waals surface area contributed by atoms with E-state index in [9.17, 15) is 18.0 Å². The number of hydrogen-bond acceptors (Lipinski definition) is 5. The van der Waals surface area contributed by atoms with Gasteiger partial charge in [-0.1, -0.05) is 5.16 Å². The summed E-state index contributed by atoms with van der Waals surface area (Å²) in [6, 6.07) is 5.93. The van der Waals surface area contributed by atoms with Crippen LogP contribution in [0.5, 0.6) is 0 Å². The van der Waals surface area contributed by atoms with E-state index in [-0.39, 0.29) is 24.1 Å². The average molecular weight is 351 g/mol. The van der Waals surface area contributed by atoms with Crippen molar-refractivity contribution in [2.75, 3.05) is 5.32 Å². The van der Waals surface area contributed by atoms with Crippen LogP contribution in [0.1, 0.15) is 19.7 Å². The van der Waals surface area contributed by atoms with Gasteiger partial charge in [0.25, 0.3) is 0 Å². The predicted molar refractivity (Wildman–Crippen MR) is 78.9 cm³/mol. The number of rotatable bonds is 3. The first-order valence-electron chi connectivity index (χ1n) is 6.19. The summed E-state index contributed by atoms with van der Waals surface area (Å²) in [4.78, 5) is 15.0. The summed E-state index contributed by atoms with van der Waals surface area (Å²) in [6.45, 7) is 3.10. The SMILES string of the molecule is CC(C)(N)C(=O)Nc1ccc(-c2noc(C(F)(F)F)n2)cc1.Cl. The van der Waals surface area contributed by atoms with E-state index in [1.165, 1.54) is 24.3 Å². The molecule has 126 valence electrons. The molecule has 0 saturated heterocycles. The maximum Gasteiger partial charge on any atom is 0.471 e. The molecule has 6 nitrogen and oxygen atoms in total. The largest absolute Gasteiger partial charge is 0.471 e. The van der Waals surface area contributed by atoms with Crippen molar-refractivity contribution in [1.29, 1.82) is 0 Å². The molecule has 23 heavy (non-hydrogen) atoms. The number of aromatic nitrogens is 2. The highest BCUT2D eigenvalue weighted by Gasteiger charge is 2.38. The number of amides is 1. The van der Waals surface area contributed by atoms with E-state index in [0.29, 0.717) is 11.3 Å². The molecule has 0 radical (unpaired) electrons. The molecule has 0 fully saturated rings. The molecule has 0 bridgehead atoms. The van der Waals surface area contributed by atoms with Crippen LogP contribution in [0.25, 0.3) is 11.4 Å². The third-order valence-corrected chi connectivity index (χ3v) is 2.65. The lowest BCUT2D eigenvalue weighted by atomic mass is 10.1. The van der Waals surface area contributed by atoms with Crippen molar-refractivity contribution in [3.63, 3.8) is 0 Å². The van der Waals surface area contributed by atoms with Crippen LogP contribution in [-0.4, -0.2) is 21.6 Å². The fourth-order valence-corrected chi connectivity index (χ4v) is 1.45. The molecule has 2 rings (SSSR count). The van der Waals surface area contributed by atoms with Crippen LogP contribution in [0.15, 0.2) is 28.8 Å². The highest BCUT2D eigenvalue weighted by atomic mass is 35.5. The van der Waals surface area contributed by atoms with Crippen molar-refractivity contribution in [3.05, 3.63) is 30.2 Å². The fraction of sp³-hybridized carbons (Fsp3) is 0.308. The number of carbonyl (C=O) groups excluding carboxylic acids is 1. The van der Waals surface area contributed by atoms with E-state index in [4.69, 9.17) is 5.73 Å². The monoisotopic (exact) mass is 350 g/mol. The molecule has 2 aromatic rings. The van der Waals surface area contributed by atoms with E-state index in [1.54, 1.807) is 13.8 Å². The zero-order valence-corrected chi connectivity index (χ0v) is 13.0. The summed E-state index contributed by atoms with van der Waals surface area (Å²) >= 11 is 0. The Morgan fingerprint density at radius 1 is 1.22 bits per heavy atom. The molecule has 0 saturated carbocycles. The topological polar surface area (TPSA) is 94.0 Å². The van der Waals surface area contributed by atoms with Crippen LogP contribution >= 0.6 is 12.4 Å². The third-order valence-electron chi connectivity index (χ3n) is 2.65. The second-order valence-corrected chi connectivity index (χ2v) is 5.17. The zero-order valence-electron chi connectivity index (χ0n) is 12.1. The van der Waals surface area contributed by atoms with Crippen LogP contribution in [0.3, 0.4) is 0 Å². The Morgan fingerprint density at radius 3 is 2.22 bits per heavy atom. The Kier molecular flexibility index (Phi) is 5.39. The summed E-state index contributed by atoms with van der Waals surface area (Å²) in [5, 5.41) is 5.85. The van der Waals surface area contributed by atoms with Crippen molar-refractivity contribution in [2.45, 2.75) is 25.6 Å². The summed E-state index contributed by atoms with van der Waals surface area (Å²) in [6.07, 6.45) is -4.69. The van der Waals surface area contributed by atoms with Gasteiger partial charge in [-0.05, 0) is 38.1 Å². The standard InChI is InChI=1S/C13H13F3N4O2.ClH/c1-12(2,17)10(21)18-8-5-3-7(4-6-8)9-19-11(22-20-9)13(14,15)16;/h3-6H,17H2,1-2H3,(H,18,21);1H. The molecule has 0 spiro atoms. The molecule has 0 aliphatic rings. The molecule has 10 heteroatoms. The summed E-state index contributed by atoms with van der Waals surface area (Å²) < 4.78 is 41.3. The number of nitrogens with zero attached hydrogens (tertiary/aromatic N) is 2. The van der Waals surface area contributed by atoms with Crippen molar-refractivity contribution >= 4 is 24.0 Å². The Bertz CT molecular complexity index is 678. The molecule has 0 aliphatic heterocycles. The highest BCUT2D eigenvalue weighted by molar-refractivity contribution is 5.97. The first kappa shape index (κ1) is 18.9. The number of anilines is 1. The zero-order chi connectivity index (χ0) is 16.5. The molecule has 3 N–H and O–H groups in total. The van der Waals surface area contributed by atoms with Gasteiger partial charge in [-0.25, -0.2) is 0 Å². The van der Waals surface area contributed by atoms with Crippen LogP contribution < -0.4 is 11.1 Å². The van der Waals surface area contributed by atoms with E-state index >= 15 is 0 Å². The molecule has 0 aliphatic carbocycles. The minimum atomic E-state index is -4.69. The van der Waals surface area contributed by atoms with Crippen LogP contribution in [-0.2, 0) is 11.0 Å². The first-order valence-corrected chi connectivity index (χ1v) is 6.19. The van der Waals surface area contributed by atoms with Crippen molar-refractivity contribution in [2.24, 2.45) is 5.73 Å². The quantitative estimate of drug-likeness (QED) is 0.887. The Hall–Kier alpha value is -2.13. The number of alkyl halides is 3. The Labute approximate surface area is 135 Å². The Balaban J connectivity index is 0.00000264. The molecular formula is C13H14ClF3N4O2. The first-order chi connectivity index (χ1) is 10.1. The molecule has 1 amide bonds. The highest BCUT2D eigenvalue weighted by Crippen LogP contribution is 2.29. The van der Waals surface area contributed by atoms with Crippen LogP contribution in [0, 0.1) is 0 Å². The van der Waals surface area contributed by atoms with Gasteiger partial charge in [-0.3, -0.25) is 4.79 Å². The number of nitrogens with one attached hydrogen (secondary N) is 1. The molecule has 1 aromatic heterocycles. The minimum absolute atomic E-state index is 0. The van der Waals surface area contributed by atoms with Crippen molar-refractivity contribution in [3.8, 4) is 11.4 Å². The smallest absolute Gasteiger partial charge is 0.329 e. The van der Waals surface area contributed by atoms with Gasteiger partial charge in [-0.2, -0.15) is 18.2 Å². The Morgan fingerprint density at radius 2 is 1.78 bits per heavy atom. The fourth-order valence-electron chi connectivity index (χ4n) is 1.45. The summed E-state index contributed by atoms with van der Waals surface area (Å²) in [7, 11) is 0. The molecule has 0 atom stereocenters. The van der Waals surface area contributed by atoms with E-state index in [0.717, 1.165) is 0 Å². The van der Waals surface area contributed by atoms with E-state index in [2.05, 4.69) is 20.0 Å². The maximum absolute atomic E-state index is 12.4. The number of carbonyl (C=O) groups is 1. The van der Waals surface area contributed by atoms with E-state index < -0.39 is 17.6 Å². The molecule has 1 aromatic carbocycles. The lowest BCUT2D eigenvalue weighted by molar-refractivity contribution is -0.159. The number of benzene rings is 1. The van der Waals surface area contributed by atoms with Crippen molar-refractivity contribution < 1.29 is 22.5 Å². The van der Waals surface area contributed by atoms with Gasteiger partial charge < -0.3 is 15.6 Å². The van der Waals surface area contributed by atoms with Crippen molar-refractivity contribution in [1.82, 2.24) is 10.1 Å². The average Bonchev–Trinajstić information content (AvgIpc) is 2.88. The lowest BCUT2D eigenvalue weighted by Gasteiger charge is -2.17. The van der Waals surface area contributed by atoms with Gasteiger partial charge in [-0.15, -0.1) is 12.4 Å². The van der Waals surface area contributed by atoms with Crippen LogP contribution in [0.4, 0.5) is 18.9 Å². The van der Waals surface area contributed by atoms with Gasteiger partial charge in [0.05, 0.1) is 5.54 Å². The van der Waals surface area contributed by atoms with Gasteiger partial charge in [0.1, 0.15) is 0 Å². The van der Waals surface area contributed by atoms with Gasteiger partial charge in [0.15, 0.2) is 0 Å². The maximum atomic E-state index is 12.4. The van der Waals surface area contributed by atoms with Gasteiger partial charge >= 0.3 is 12.1 Å². The second kappa shape index (κ2) is 6.55. The predicted octanol–water partition coefficient (Wildman–Crippen LogP) is 2.85. The van der Waals surface area contributed by atoms with E-state index in [1.807, 2.05) is 0 Å². The molecule has 1 heterocycles. The van der Waals surface area contributed by atoms with Gasteiger partial charge in [0.2, 0.25) is 11.7 Å². The molecule has 0 unspecified atom stereocenters. The number of halogens is 4. The number of hydrogen-bond donors (Lipinski definition) is 2. The molecular weight excluding hydrogens is 337 g/mol. The minimum Gasteiger partial charge on any atom is -0.329 e. The summed E-state index contributed by atoms with van der Waals surface area (Å²) in [5.74, 6) is -1.99. The summed E-state index contributed by atoms with van der Waals surface area (Å²) in [5.41, 5.74) is 5.37. The number of nitrogens with two attached hydrogens (primary N) is 1. The second-order valence-electron chi connectivity index (χ2n) is 5.17. The third kappa shape index (κ3) is 4.67. The lowest BCUT2D eigenvalue weighted by Crippen LogP contribution is -2.45. The normalized spacial score (nSPS) is 11.7. The van der Waals surface area contributed by atoms with Crippen LogP contribution in [0.2, 0.25) is 0 Å².